The minimum Gasteiger partial charge on any atom is -0.388 e. The van der Waals surface area contributed by atoms with Crippen LogP contribution >= 0.6 is 0 Å². The molecule has 1 rings (SSSR count). The third-order valence-electron chi connectivity index (χ3n) is 2.42. The van der Waals surface area contributed by atoms with Crippen LogP contribution in [0.25, 0.3) is 0 Å². The standard InChI is InChI=1S/C12H19NO/c1-9(2)10-5-3-4-6-11(10)12(14)7-8-13/h3-6,9,12,14H,7-8,13H2,1-2H3/t12-/m1/s1. The number of benzene rings is 1. The van der Waals surface area contributed by atoms with Gasteiger partial charge in [0.1, 0.15) is 0 Å². The number of rotatable bonds is 4. The van der Waals surface area contributed by atoms with Crippen molar-refractivity contribution in [1.29, 1.82) is 0 Å². The van der Waals surface area contributed by atoms with E-state index in [9.17, 15) is 5.11 Å². The molecule has 0 heterocycles. The van der Waals surface area contributed by atoms with Crippen LogP contribution in [0.3, 0.4) is 0 Å². The molecule has 0 saturated carbocycles. The highest BCUT2D eigenvalue weighted by molar-refractivity contribution is 5.31. The SMILES string of the molecule is CC(C)c1ccccc1[C@H](O)CCN. The lowest BCUT2D eigenvalue weighted by atomic mass is 9.93. The van der Waals surface area contributed by atoms with E-state index in [1.165, 1.54) is 5.56 Å². The lowest BCUT2D eigenvalue weighted by molar-refractivity contribution is 0.169. The van der Waals surface area contributed by atoms with Crippen molar-refractivity contribution in [3.63, 3.8) is 0 Å². The van der Waals surface area contributed by atoms with Crippen molar-refractivity contribution in [2.24, 2.45) is 5.73 Å². The normalized spacial score (nSPS) is 13.2. The maximum atomic E-state index is 9.87. The third-order valence-corrected chi connectivity index (χ3v) is 2.42. The van der Waals surface area contributed by atoms with Crippen LogP contribution in [0, 0.1) is 0 Å². The van der Waals surface area contributed by atoms with Crippen LogP contribution in [0.5, 0.6) is 0 Å². The lowest BCUT2D eigenvalue weighted by Crippen LogP contribution is -2.09. The van der Waals surface area contributed by atoms with Crippen molar-refractivity contribution < 1.29 is 5.11 Å². The van der Waals surface area contributed by atoms with Crippen LogP contribution in [0.1, 0.15) is 43.4 Å². The first-order chi connectivity index (χ1) is 6.66. The smallest absolute Gasteiger partial charge is 0.0804 e. The molecule has 0 fully saturated rings. The Morgan fingerprint density at radius 3 is 2.29 bits per heavy atom. The van der Waals surface area contributed by atoms with Gasteiger partial charge in [-0.15, -0.1) is 0 Å². The molecular formula is C12H19NO. The summed E-state index contributed by atoms with van der Waals surface area (Å²) in [5.41, 5.74) is 7.67. The van der Waals surface area contributed by atoms with E-state index in [1.807, 2.05) is 18.2 Å². The number of hydrogen-bond acceptors (Lipinski definition) is 2. The Hall–Kier alpha value is -0.860. The fraction of sp³-hybridized carbons (Fsp3) is 0.500. The highest BCUT2D eigenvalue weighted by atomic mass is 16.3. The van der Waals surface area contributed by atoms with Crippen molar-refractivity contribution >= 4 is 0 Å². The second-order valence-corrected chi connectivity index (χ2v) is 3.88. The van der Waals surface area contributed by atoms with Gasteiger partial charge in [-0.25, -0.2) is 0 Å². The molecule has 0 bridgehead atoms. The summed E-state index contributed by atoms with van der Waals surface area (Å²) in [6.07, 6.45) is 0.211. The Morgan fingerprint density at radius 1 is 1.21 bits per heavy atom. The molecule has 0 aliphatic rings. The number of nitrogens with two attached hydrogens (primary N) is 1. The minimum atomic E-state index is -0.418. The van der Waals surface area contributed by atoms with Gasteiger partial charge >= 0.3 is 0 Å². The Bertz CT molecular complexity index is 283. The van der Waals surface area contributed by atoms with Gasteiger partial charge in [-0.1, -0.05) is 38.1 Å². The maximum Gasteiger partial charge on any atom is 0.0804 e. The Kier molecular flexibility index (Phi) is 4.11. The van der Waals surface area contributed by atoms with E-state index < -0.39 is 6.10 Å². The third kappa shape index (κ3) is 2.56. The van der Waals surface area contributed by atoms with Gasteiger partial charge in [0, 0.05) is 0 Å². The van der Waals surface area contributed by atoms with Crippen LogP contribution in [0.15, 0.2) is 24.3 Å². The number of aliphatic hydroxyl groups excluding tert-OH is 1. The monoisotopic (exact) mass is 193 g/mol. The Labute approximate surface area is 85.8 Å². The summed E-state index contributed by atoms with van der Waals surface area (Å²) >= 11 is 0. The lowest BCUT2D eigenvalue weighted by Gasteiger charge is -2.17. The van der Waals surface area contributed by atoms with Crippen LogP contribution < -0.4 is 5.73 Å². The van der Waals surface area contributed by atoms with E-state index in [1.54, 1.807) is 0 Å². The first kappa shape index (κ1) is 11.2. The molecule has 0 amide bonds. The maximum absolute atomic E-state index is 9.87. The zero-order chi connectivity index (χ0) is 10.6. The summed E-state index contributed by atoms with van der Waals surface area (Å²) in [6.45, 7) is 4.79. The highest BCUT2D eigenvalue weighted by Gasteiger charge is 2.12. The number of aliphatic hydroxyl groups is 1. The first-order valence-corrected chi connectivity index (χ1v) is 5.13. The fourth-order valence-electron chi connectivity index (χ4n) is 1.65. The Balaban J connectivity index is 2.94. The molecule has 2 nitrogen and oxygen atoms in total. The van der Waals surface area contributed by atoms with Gasteiger partial charge in [-0.2, -0.15) is 0 Å². The predicted octanol–water partition coefficient (Wildman–Crippen LogP) is 2.19. The summed E-state index contributed by atoms with van der Waals surface area (Å²) in [5.74, 6) is 0.443. The molecule has 14 heavy (non-hydrogen) atoms. The number of hydrogen-bond donors (Lipinski definition) is 2. The predicted molar refractivity (Wildman–Crippen MR) is 59.2 cm³/mol. The van der Waals surface area contributed by atoms with Crippen molar-refractivity contribution in [3.8, 4) is 0 Å². The molecule has 0 aromatic heterocycles. The van der Waals surface area contributed by atoms with Gasteiger partial charge in [0.15, 0.2) is 0 Å². The van der Waals surface area contributed by atoms with Gasteiger partial charge in [-0.3, -0.25) is 0 Å². The zero-order valence-corrected chi connectivity index (χ0v) is 8.90. The van der Waals surface area contributed by atoms with E-state index in [0.717, 1.165) is 5.56 Å². The summed E-state index contributed by atoms with van der Waals surface area (Å²) in [7, 11) is 0. The van der Waals surface area contributed by atoms with Crippen molar-refractivity contribution in [2.45, 2.75) is 32.3 Å². The fourth-order valence-corrected chi connectivity index (χ4v) is 1.65. The van der Waals surface area contributed by atoms with Crippen LogP contribution in [-0.2, 0) is 0 Å². The minimum absolute atomic E-state index is 0.418. The largest absolute Gasteiger partial charge is 0.388 e. The summed E-state index contributed by atoms with van der Waals surface area (Å²) < 4.78 is 0. The molecule has 1 atom stereocenters. The van der Waals surface area contributed by atoms with Crippen LogP contribution in [0.4, 0.5) is 0 Å². The van der Waals surface area contributed by atoms with E-state index in [2.05, 4.69) is 19.9 Å². The van der Waals surface area contributed by atoms with Crippen LogP contribution in [0.2, 0.25) is 0 Å². The quantitative estimate of drug-likeness (QED) is 0.770. The molecule has 1 aromatic carbocycles. The molecule has 0 spiro atoms. The van der Waals surface area contributed by atoms with Gasteiger partial charge < -0.3 is 10.8 Å². The molecule has 0 unspecified atom stereocenters. The summed E-state index contributed by atoms with van der Waals surface area (Å²) in [6, 6.07) is 8.02. The van der Waals surface area contributed by atoms with E-state index in [4.69, 9.17) is 5.73 Å². The molecule has 0 aliphatic heterocycles. The topological polar surface area (TPSA) is 46.2 Å². The molecule has 2 heteroatoms. The average molecular weight is 193 g/mol. The van der Waals surface area contributed by atoms with Gasteiger partial charge in [0.2, 0.25) is 0 Å². The van der Waals surface area contributed by atoms with Gasteiger partial charge in [0.25, 0.3) is 0 Å². The second kappa shape index (κ2) is 5.13. The first-order valence-electron chi connectivity index (χ1n) is 5.13. The van der Waals surface area contributed by atoms with Crippen LogP contribution in [-0.4, -0.2) is 11.7 Å². The molecule has 0 aliphatic carbocycles. The Morgan fingerprint density at radius 2 is 1.79 bits per heavy atom. The molecule has 0 saturated heterocycles. The molecule has 0 radical (unpaired) electrons. The molecular weight excluding hydrogens is 174 g/mol. The van der Waals surface area contributed by atoms with E-state index in [-0.39, 0.29) is 0 Å². The molecule has 1 aromatic rings. The van der Waals surface area contributed by atoms with E-state index >= 15 is 0 Å². The second-order valence-electron chi connectivity index (χ2n) is 3.88. The van der Waals surface area contributed by atoms with Crippen molar-refractivity contribution in [3.05, 3.63) is 35.4 Å². The van der Waals surface area contributed by atoms with Crippen molar-refractivity contribution in [2.75, 3.05) is 6.54 Å². The van der Waals surface area contributed by atoms with Crippen molar-refractivity contribution in [1.82, 2.24) is 0 Å². The zero-order valence-electron chi connectivity index (χ0n) is 8.90. The highest BCUT2D eigenvalue weighted by Crippen LogP contribution is 2.26. The molecule has 3 N–H and O–H groups in total. The van der Waals surface area contributed by atoms with Gasteiger partial charge in [0.05, 0.1) is 6.10 Å². The van der Waals surface area contributed by atoms with Gasteiger partial charge in [-0.05, 0) is 30.0 Å². The average Bonchev–Trinajstić information content (AvgIpc) is 2.18. The summed E-state index contributed by atoms with van der Waals surface area (Å²) in [4.78, 5) is 0. The summed E-state index contributed by atoms with van der Waals surface area (Å²) in [5, 5.41) is 9.87. The van der Waals surface area contributed by atoms with E-state index in [0.29, 0.717) is 18.9 Å². The molecule has 78 valence electrons.